The molecular weight excluding hydrogens is 590 g/mol. The van der Waals surface area contributed by atoms with Crippen molar-refractivity contribution in [3.63, 3.8) is 0 Å². The molecule has 0 radical (unpaired) electrons. The van der Waals surface area contributed by atoms with Gasteiger partial charge in [0.05, 0.1) is 21.2 Å². The fourth-order valence-corrected chi connectivity index (χ4v) is 7.57. The molecule has 1 spiro atoms. The Morgan fingerprint density at radius 2 is 1.47 bits per heavy atom. The van der Waals surface area contributed by atoms with Crippen molar-refractivity contribution in [2.75, 3.05) is 9.62 Å². The lowest BCUT2D eigenvalue weighted by molar-refractivity contribution is -0.384. The number of carbonyl (C=O) groups is 2. The second kappa shape index (κ2) is 10.8. The molecule has 45 heavy (non-hydrogen) atoms. The second-order valence-electron chi connectivity index (χ2n) is 13.7. The van der Waals surface area contributed by atoms with Gasteiger partial charge in [0.25, 0.3) is 15.7 Å². The van der Waals surface area contributed by atoms with Crippen molar-refractivity contribution >= 4 is 38.7 Å². The van der Waals surface area contributed by atoms with Crippen LogP contribution in [0.2, 0.25) is 0 Å². The average molecular weight is 628 g/mol. The van der Waals surface area contributed by atoms with Gasteiger partial charge in [-0.05, 0) is 54.2 Å². The molecule has 1 aliphatic carbocycles. The van der Waals surface area contributed by atoms with Gasteiger partial charge in [-0.15, -0.1) is 0 Å². The minimum atomic E-state index is -4.42. The van der Waals surface area contributed by atoms with E-state index >= 15 is 0 Å². The van der Waals surface area contributed by atoms with Crippen LogP contribution in [0.25, 0.3) is 0 Å². The zero-order valence-corrected chi connectivity index (χ0v) is 27.2. The highest BCUT2D eigenvalue weighted by Crippen LogP contribution is 2.49. The van der Waals surface area contributed by atoms with Crippen molar-refractivity contribution in [1.29, 1.82) is 0 Å². The largest absolute Gasteiger partial charge is 0.369 e. The van der Waals surface area contributed by atoms with Gasteiger partial charge >= 0.3 is 0 Å². The first kappa shape index (κ1) is 31.8. The molecule has 3 aromatic rings. The fourth-order valence-electron chi connectivity index (χ4n) is 5.89. The van der Waals surface area contributed by atoms with Crippen molar-refractivity contribution in [2.45, 2.75) is 64.9 Å². The Hall–Kier alpha value is -4.57. The molecule has 5 rings (SSSR count). The molecular formula is C35H37N3O6S. The molecule has 1 atom stereocenters. The first-order chi connectivity index (χ1) is 20.9. The van der Waals surface area contributed by atoms with E-state index in [2.05, 4.69) is 5.32 Å². The van der Waals surface area contributed by atoms with Crippen molar-refractivity contribution in [2.24, 2.45) is 10.8 Å². The highest BCUT2D eigenvalue weighted by molar-refractivity contribution is 7.93. The lowest BCUT2D eigenvalue weighted by atomic mass is 9.66. The third-order valence-electron chi connectivity index (χ3n) is 8.22. The summed E-state index contributed by atoms with van der Waals surface area (Å²) in [7, 11) is -4.42. The van der Waals surface area contributed by atoms with E-state index in [-0.39, 0.29) is 27.6 Å². The van der Waals surface area contributed by atoms with Crippen LogP contribution >= 0.6 is 0 Å². The Labute approximate surface area is 263 Å². The number of nitro benzene ring substituents is 1. The summed E-state index contributed by atoms with van der Waals surface area (Å²) < 4.78 is 30.6. The van der Waals surface area contributed by atoms with Gasteiger partial charge in [0.1, 0.15) is 11.6 Å². The Morgan fingerprint density at radius 3 is 2.02 bits per heavy atom. The molecule has 0 unspecified atom stereocenters. The predicted molar refractivity (Wildman–Crippen MR) is 175 cm³/mol. The SMILES string of the molecule is Cc1ccc(S(=O)(=O)N2c3ccccc3NC3(C=C(C(C)(C)C)C(=O)C(C(C)(C)C)=C3)[C@@H]2C(=O)c2cccc([N+](=O)[O-])c2)cc1. The molecule has 0 amide bonds. The van der Waals surface area contributed by atoms with Crippen LogP contribution < -0.4 is 9.62 Å². The van der Waals surface area contributed by atoms with Gasteiger partial charge in [-0.1, -0.05) is 83.5 Å². The molecule has 0 aromatic heterocycles. The summed E-state index contributed by atoms with van der Waals surface area (Å²) in [5, 5.41) is 15.2. The summed E-state index contributed by atoms with van der Waals surface area (Å²) in [6.07, 6.45) is 3.36. The zero-order valence-electron chi connectivity index (χ0n) is 26.4. The second-order valence-corrected chi connectivity index (χ2v) is 15.5. The molecule has 1 heterocycles. The number of hydrogen-bond donors (Lipinski definition) is 1. The molecule has 10 heteroatoms. The number of fused-ring (bicyclic) bond motifs is 1. The smallest absolute Gasteiger partial charge is 0.270 e. The lowest BCUT2D eigenvalue weighted by Gasteiger charge is -2.50. The van der Waals surface area contributed by atoms with E-state index in [1.54, 1.807) is 48.6 Å². The van der Waals surface area contributed by atoms with Crippen molar-refractivity contribution in [3.05, 3.63) is 117 Å². The van der Waals surface area contributed by atoms with Crippen LogP contribution in [-0.4, -0.2) is 36.5 Å². The monoisotopic (exact) mass is 627 g/mol. The molecule has 2 aliphatic rings. The first-order valence-corrected chi connectivity index (χ1v) is 16.1. The number of nitrogens with zero attached hydrogens (tertiary/aromatic N) is 2. The maximum Gasteiger partial charge on any atom is 0.270 e. The van der Waals surface area contributed by atoms with E-state index in [0.717, 1.165) is 15.9 Å². The lowest BCUT2D eigenvalue weighted by Crippen LogP contribution is -2.65. The molecule has 0 bridgehead atoms. The Bertz CT molecular complexity index is 1860. The van der Waals surface area contributed by atoms with Crippen molar-refractivity contribution in [1.82, 2.24) is 0 Å². The molecule has 0 saturated heterocycles. The number of carbonyl (C=O) groups excluding carboxylic acids is 2. The number of ketones is 2. The summed E-state index contributed by atoms with van der Waals surface area (Å²) in [6.45, 7) is 13.2. The number of Topliss-reactive ketones (excluding diaryl/α,β-unsaturated/α-hetero) is 2. The van der Waals surface area contributed by atoms with E-state index in [1.165, 1.54) is 30.3 Å². The van der Waals surface area contributed by atoms with Gasteiger partial charge in [0, 0.05) is 28.8 Å². The number of sulfonamides is 1. The molecule has 1 aliphatic heterocycles. The van der Waals surface area contributed by atoms with Crippen LogP contribution in [0.3, 0.4) is 0 Å². The van der Waals surface area contributed by atoms with Gasteiger partial charge in [-0.25, -0.2) is 8.42 Å². The predicted octanol–water partition coefficient (Wildman–Crippen LogP) is 7.04. The summed E-state index contributed by atoms with van der Waals surface area (Å²) in [5.74, 6) is -0.851. The summed E-state index contributed by atoms with van der Waals surface area (Å²) in [4.78, 5) is 40.0. The summed E-state index contributed by atoms with van der Waals surface area (Å²) in [5.41, 5.74) is -0.849. The first-order valence-electron chi connectivity index (χ1n) is 14.7. The number of non-ortho nitro benzene ring substituents is 1. The Kier molecular flexibility index (Phi) is 7.64. The molecule has 0 fully saturated rings. The van der Waals surface area contributed by atoms with Gasteiger partial charge in [0.2, 0.25) is 0 Å². The molecule has 0 saturated carbocycles. The fraction of sp³-hybridized carbons (Fsp3) is 0.314. The summed E-state index contributed by atoms with van der Waals surface area (Å²) in [6, 6.07) is 16.9. The number of para-hydroxylation sites is 2. The Balaban J connectivity index is 1.91. The standard InChI is InChI=1S/C35H37N3O6S/c1-22-15-17-25(18-16-22)45(43,44)37-29-14-9-8-13-28(29)36-35(32(37)30(39)23-11-10-12-24(19-23)38(41)42)20-26(33(2,3)4)31(40)27(21-35)34(5,6)7/h8-21,32,36H,1-7H3/t32-/m0/s1. The highest BCUT2D eigenvalue weighted by Gasteiger charge is 2.55. The van der Waals surface area contributed by atoms with E-state index in [9.17, 15) is 28.1 Å². The Morgan fingerprint density at radius 1 is 0.889 bits per heavy atom. The van der Waals surface area contributed by atoms with Crippen LogP contribution in [0.1, 0.15) is 57.5 Å². The van der Waals surface area contributed by atoms with Crippen LogP contribution in [0.4, 0.5) is 17.1 Å². The van der Waals surface area contributed by atoms with E-state index in [4.69, 9.17) is 0 Å². The number of benzene rings is 3. The molecule has 234 valence electrons. The van der Waals surface area contributed by atoms with E-state index in [1.807, 2.05) is 48.5 Å². The van der Waals surface area contributed by atoms with Crippen LogP contribution in [-0.2, 0) is 14.8 Å². The number of anilines is 2. The normalized spacial score (nSPS) is 18.1. The minimum Gasteiger partial charge on any atom is -0.369 e. The van der Waals surface area contributed by atoms with Crippen LogP contribution in [0, 0.1) is 27.9 Å². The number of hydrogen-bond acceptors (Lipinski definition) is 7. The number of rotatable bonds is 5. The minimum absolute atomic E-state index is 0.0243. The third kappa shape index (κ3) is 5.59. The quantitative estimate of drug-likeness (QED) is 0.183. The number of allylic oxidation sites excluding steroid dienone is 2. The van der Waals surface area contributed by atoms with Crippen LogP contribution in [0.5, 0.6) is 0 Å². The van der Waals surface area contributed by atoms with Crippen molar-refractivity contribution < 1.29 is 22.9 Å². The zero-order chi connectivity index (χ0) is 33.1. The van der Waals surface area contributed by atoms with Crippen LogP contribution in [0.15, 0.2) is 101 Å². The van der Waals surface area contributed by atoms with E-state index in [0.29, 0.717) is 16.8 Å². The number of aryl methyl sites for hydroxylation is 1. The maximum absolute atomic E-state index is 14.9. The van der Waals surface area contributed by atoms with Gasteiger partial charge in [-0.3, -0.25) is 24.0 Å². The number of nitrogens with one attached hydrogen (secondary N) is 1. The number of nitro groups is 1. The molecule has 3 aromatic carbocycles. The van der Waals surface area contributed by atoms with E-state index < -0.39 is 43.1 Å². The maximum atomic E-state index is 14.9. The van der Waals surface area contributed by atoms with Gasteiger partial charge < -0.3 is 5.32 Å². The van der Waals surface area contributed by atoms with Crippen molar-refractivity contribution in [3.8, 4) is 0 Å². The molecule has 9 nitrogen and oxygen atoms in total. The van der Waals surface area contributed by atoms with Gasteiger partial charge in [0.15, 0.2) is 11.6 Å². The highest BCUT2D eigenvalue weighted by atomic mass is 32.2. The molecule has 1 N–H and O–H groups in total. The van der Waals surface area contributed by atoms with Gasteiger partial charge in [-0.2, -0.15) is 0 Å². The average Bonchev–Trinajstić information content (AvgIpc) is 2.96. The topological polar surface area (TPSA) is 127 Å². The third-order valence-corrected chi connectivity index (χ3v) is 10.0. The summed E-state index contributed by atoms with van der Waals surface area (Å²) >= 11 is 0.